The predicted molar refractivity (Wildman–Crippen MR) is 160 cm³/mol. The monoisotopic (exact) mass is 548 g/mol. The summed E-state index contributed by atoms with van der Waals surface area (Å²) in [6, 6.07) is 33.7. The minimum Gasteiger partial charge on any atom is -0.496 e. The molecule has 0 spiro atoms. The normalized spacial score (nSPS) is 11.7. The van der Waals surface area contributed by atoms with Gasteiger partial charge in [-0.2, -0.15) is 0 Å². The molecule has 0 bridgehead atoms. The molecule has 5 aromatic rings. The van der Waals surface area contributed by atoms with E-state index in [2.05, 4.69) is 94.6 Å². The summed E-state index contributed by atoms with van der Waals surface area (Å²) in [6.07, 6.45) is 0.550. The van der Waals surface area contributed by atoms with Gasteiger partial charge in [-0.25, -0.2) is 0 Å². The maximum absolute atomic E-state index is 13.6. The average Bonchev–Trinajstić information content (AvgIpc) is 3.40. The molecular formula is C33H32N4O2S. The van der Waals surface area contributed by atoms with Crippen molar-refractivity contribution in [3.8, 4) is 11.4 Å². The Morgan fingerprint density at radius 2 is 1.57 bits per heavy atom. The van der Waals surface area contributed by atoms with Gasteiger partial charge in [-0.3, -0.25) is 9.36 Å². The van der Waals surface area contributed by atoms with Gasteiger partial charge in [0.05, 0.1) is 18.7 Å². The van der Waals surface area contributed by atoms with Gasteiger partial charge in [-0.05, 0) is 55.7 Å². The molecule has 1 aromatic heterocycles. The SMILES string of the molecule is COc1ccccc1C(=O)NC(Cc1ccccc1)c1nnc(SCc2cccc(C)c2)n1-c1ccc(C)cc1. The van der Waals surface area contributed by atoms with Crippen LogP contribution in [0.4, 0.5) is 0 Å². The Hall–Kier alpha value is -4.36. The maximum Gasteiger partial charge on any atom is 0.255 e. The zero-order chi connectivity index (χ0) is 27.9. The molecule has 202 valence electrons. The highest BCUT2D eigenvalue weighted by atomic mass is 32.2. The topological polar surface area (TPSA) is 69.0 Å². The van der Waals surface area contributed by atoms with Crippen LogP contribution < -0.4 is 10.1 Å². The molecule has 1 atom stereocenters. The lowest BCUT2D eigenvalue weighted by Crippen LogP contribution is -2.32. The first-order chi connectivity index (χ1) is 19.5. The number of nitrogens with zero attached hydrogens (tertiary/aromatic N) is 3. The van der Waals surface area contributed by atoms with Gasteiger partial charge in [0.2, 0.25) is 0 Å². The molecule has 1 heterocycles. The Labute approximate surface area is 239 Å². The van der Waals surface area contributed by atoms with Crippen molar-refractivity contribution < 1.29 is 9.53 Å². The molecule has 40 heavy (non-hydrogen) atoms. The van der Waals surface area contributed by atoms with E-state index >= 15 is 0 Å². The van der Waals surface area contributed by atoms with E-state index in [1.807, 2.05) is 30.3 Å². The van der Waals surface area contributed by atoms with Gasteiger partial charge in [0.25, 0.3) is 5.91 Å². The van der Waals surface area contributed by atoms with E-state index in [1.54, 1.807) is 31.0 Å². The van der Waals surface area contributed by atoms with Gasteiger partial charge in [-0.15, -0.1) is 10.2 Å². The van der Waals surface area contributed by atoms with Crippen LogP contribution in [0.3, 0.4) is 0 Å². The van der Waals surface area contributed by atoms with Crippen LogP contribution >= 0.6 is 11.8 Å². The quantitative estimate of drug-likeness (QED) is 0.192. The molecule has 0 aliphatic rings. The Morgan fingerprint density at radius 1 is 0.850 bits per heavy atom. The van der Waals surface area contributed by atoms with E-state index < -0.39 is 6.04 Å². The highest BCUT2D eigenvalue weighted by molar-refractivity contribution is 7.98. The Morgan fingerprint density at radius 3 is 2.33 bits per heavy atom. The van der Waals surface area contributed by atoms with Crippen LogP contribution in [0.5, 0.6) is 5.75 Å². The highest BCUT2D eigenvalue weighted by Crippen LogP contribution is 2.30. The summed E-state index contributed by atoms with van der Waals surface area (Å²) in [5.41, 5.74) is 6.11. The number of carbonyl (C=O) groups is 1. The third kappa shape index (κ3) is 6.43. The van der Waals surface area contributed by atoms with Gasteiger partial charge >= 0.3 is 0 Å². The Kier molecular flexibility index (Phi) is 8.62. The number of ether oxygens (including phenoxy) is 1. The van der Waals surface area contributed by atoms with Gasteiger partial charge in [0.1, 0.15) is 5.75 Å². The molecule has 1 amide bonds. The summed E-state index contributed by atoms with van der Waals surface area (Å²) in [5.74, 6) is 1.71. The summed E-state index contributed by atoms with van der Waals surface area (Å²) < 4.78 is 7.53. The van der Waals surface area contributed by atoms with E-state index in [9.17, 15) is 4.79 Å². The van der Waals surface area contributed by atoms with Crippen molar-refractivity contribution in [2.24, 2.45) is 0 Å². The Bertz CT molecular complexity index is 1580. The second kappa shape index (κ2) is 12.7. The highest BCUT2D eigenvalue weighted by Gasteiger charge is 2.26. The predicted octanol–water partition coefficient (Wildman–Crippen LogP) is 6.90. The number of hydrogen-bond acceptors (Lipinski definition) is 5. The molecule has 0 aliphatic heterocycles. The summed E-state index contributed by atoms with van der Waals surface area (Å²) in [7, 11) is 1.57. The molecule has 0 fully saturated rings. The number of hydrogen-bond donors (Lipinski definition) is 1. The summed E-state index contributed by atoms with van der Waals surface area (Å²) >= 11 is 1.63. The van der Waals surface area contributed by atoms with Gasteiger partial charge < -0.3 is 10.1 Å². The third-order valence-corrected chi connectivity index (χ3v) is 7.65. The largest absolute Gasteiger partial charge is 0.496 e. The molecule has 0 saturated heterocycles. The number of thioether (sulfide) groups is 1. The summed E-state index contributed by atoms with van der Waals surface area (Å²) in [4.78, 5) is 13.6. The zero-order valence-electron chi connectivity index (χ0n) is 22.9. The van der Waals surface area contributed by atoms with Crippen LogP contribution in [-0.2, 0) is 12.2 Å². The van der Waals surface area contributed by atoms with E-state index in [4.69, 9.17) is 4.74 Å². The number of aromatic nitrogens is 3. The van der Waals surface area contributed by atoms with Crippen LogP contribution in [0.25, 0.3) is 5.69 Å². The van der Waals surface area contributed by atoms with Gasteiger partial charge in [0.15, 0.2) is 11.0 Å². The van der Waals surface area contributed by atoms with Crippen molar-refractivity contribution in [1.29, 1.82) is 0 Å². The second-order valence-corrected chi connectivity index (χ2v) is 10.6. The van der Waals surface area contributed by atoms with Crippen molar-refractivity contribution in [3.63, 3.8) is 0 Å². The zero-order valence-corrected chi connectivity index (χ0v) is 23.7. The fraction of sp³-hybridized carbons (Fsp3) is 0.182. The van der Waals surface area contributed by atoms with E-state index in [-0.39, 0.29) is 5.91 Å². The smallest absolute Gasteiger partial charge is 0.255 e. The standard InChI is InChI=1S/C33H32N4O2S/c1-23-16-18-27(19-17-23)37-31(35-36-33(37)40-22-26-13-9-10-24(2)20-26)29(21-25-11-5-4-6-12-25)34-32(38)28-14-7-8-15-30(28)39-3/h4-20,29H,21-22H2,1-3H3,(H,34,38). The van der Waals surface area contributed by atoms with E-state index in [1.165, 1.54) is 11.1 Å². The lowest BCUT2D eigenvalue weighted by Gasteiger charge is -2.21. The van der Waals surface area contributed by atoms with Gasteiger partial charge in [0, 0.05) is 11.4 Å². The van der Waals surface area contributed by atoms with Crippen LogP contribution in [0.15, 0.2) is 108 Å². The van der Waals surface area contributed by atoms with Crippen LogP contribution in [0.2, 0.25) is 0 Å². The van der Waals surface area contributed by atoms with E-state index in [0.717, 1.165) is 27.7 Å². The summed E-state index contributed by atoms with van der Waals surface area (Å²) in [5, 5.41) is 13.3. The number of para-hydroxylation sites is 1. The van der Waals surface area contributed by atoms with Crippen molar-refractivity contribution in [2.45, 2.75) is 37.2 Å². The first kappa shape index (κ1) is 27.2. The number of carbonyl (C=O) groups excluding carboxylic acids is 1. The maximum atomic E-state index is 13.6. The van der Waals surface area contributed by atoms with Gasteiger partial charge in [-0.1, -0.05) is 102 Å². The van der Waals surface area contributed by atoms with Crippen LogP contribution in [0, 0.1) is 13.8 Å². The molecule has 7 heteroatoms. The Balaban J connectivity index is 1.55. The van der Waals surface area contributed by atoms with Crippen molar-refractivity contribution in [3.05, 3.63) is 137 Å². The number of aryl methyl sites for hydroxylation is 2. The van der Waals surface area contributed by atoms with Crippen molar-refractivity contribution in [2.75, 3.05) is 7.11 Å². The molecule has 4 aromatic carbocycles. The number of nitrogens with one attached hydrogen (secondary N) is 1. The lowest BCUT2D eigenvalue weighted by molar-refractivity contribution is 0.0931. The van der Waals surface area contributed by atoms with Crippen molar-refractivity contribution in [1.82, 2.24) is 20.1 Å². The lowest BCUT2D eigenvalue weighted by atomic mass is 10.0. The van der Waals surface area contributed by atoms with Crippen LogP contribution in [-0.4, -0.2) is 27.8 Å². The second-order valence-electron chi connectivity index (χ2n) is 9.71. The minimum absolute atomic E-state index is 0.231. The molecule has 5 rings (SSSR count). The molecular weight excluding hydrogens is 516 g/mol. The number of benzene rings is 4. The van der Waals surface area contributed by atoms with Crippen LogP contribution in [0.1, 0.15) is 44.5 Å². The number of methoxy groups -OCH3 is 1. The number of amides is 1. The number of rotatable bonds is 10. The molecule has 1 unspecified atom stereocenters. The first-order valence-electron chi connectivity index (χ1n) is 13.2. The first-order valence-corrected chi connectivity index (χ1v) is 14.2. The molecule has 1 N–H and O–H groups in total. The fourth-order valence-electron chi connectivity index (χ4n) is 4.61. The fourth-order valence-corrected chi connectivity index (χ4v) is 5.51. The molecule has 6 nitrogen and oxygen atoms in total. The molecule has 0 aliphatic carbocycles. The summed E-state index contributed by atoms with van der Waals surface area (Å²) in [6.45, 7) is 4.16. The molecule has 0 saturated carbocycles. The average molecular weight is 549 g/mol. The third-order valence-electron chi connectivity index (χ3n) is 6.65. The van der Waals surface area contributed by atoms with E-state index in [0.29, 0.717) is 23.6 Å². The van der Waals surface area contributed by atoms with Crippen molar-refractivity contribution >= 4 is 17.7 Å². The molecule has 0 radical (unpaired) electrons. The minimum atomic E-state index is -0.443.